The highest BCUT2D eigenvalue weighted by molar-refractivity contribution is 5.97. The van der Waals surface area contributed by atoms with Gasteiger partial charge in [-0.2, -0.15) is 0 Å². The lowest BCUT2D eigenvalue weighted by Crippen LogP contribution is -1.85. The van der Waals surface area contributed by atoms with Crippen molar-refractivity contribution in [2.75, 3.05) is 0 Å². The van der Waals surface area contributed by atoms with Gasteiger partial charge in [0.25, 0.3) is 0 Å². The molecule has 10 rings (SSSR count). The smallest absolute Gasteiger partial charge is 0.0106 e. The Morgan fingerprint density at radius 1 is 0.449 bits per heavy atom. The number of aryl methyl sites for hydroxylation is 4. The van der Waals surface area contributed by atoms with Gasteiger partial charge in [-0.3, -0.25) is 0 Å². The van der Waals surface area contributed by atoms with Crippen molar-refractivity contribution in [2.45, 2.75) is 60.3 Å². The number of allylic oxidation sites excluding steroid dienone is 9. The Kier molecular flexibility index (Phi) is 18.5. The second-order valence-corrected chi connectivity index (χ2v) is 17.6. The number of hydrogen-bond acceptors (Lipinski definition) is 0. The summed E-state index contributed by atoms with van der Waals surface area (Å²) in [6.07, 6.45) is 22.0. The van der Waals surface area contributed by atoms with Crippen molar-refractivity contribution in [3.05, 3.63) is 294 Å². The van der Waals surface area contributed by atoms with Crippen molar-refractivity contribution in [2.24, 2.45) is 0 Å². The Balaban J connectivity index is 0.000000151. The molecule has 0 unspecified atom stereocenters. The SMILES string of the molecule is CC/C=C(/C=C/c1ccc(-c2ccc(C)cc2)cc1)c1cccc2ccccc12.CCCc1cccc2ccccc12.Cc1ccc(-c2ccc(C3=CCC=CC=C3)cc2)cc1.Cc1ccccc1. The summed E-state index contributed by atoms with van der Waals surface area (Å²) in [6.45, 7) is 10.7. The number of rotatable bonds is 9. The molecule has 1 aliphatic carbocycles. The van der Waals surface area contributed by atoms with E-state index in [9.17, 15) is 0 Å². The molecule has 0 saturated carbocycles. The van der Waals surface area contributed by atoms with Crippen LogP contribution in [0.1, 0.15) is 72.1 Å². The van der Waals surface area contributed by atoms with Gasteiger partial charge in [0.1, 0.15) is 0 Å². The number of hydrogen-bond donors (Lipinski definition) is 0. The summed E-state index contributed by atoms with van der Waals surface area (Å²) < 4.78 is 0. The minimum absolute atomic E-state index is 1.00. The third-order valence-corrected chi connectivity index (χ3v) is 12.2. The molecule has 9 aromatic rings. The monoisotopic (exact) mass is 895 g/mol. The molecule has 0 amide bonds. The van der Waals surface area contributed by atoms with Crippen LogP contribution in [0.4, 0.5) is 0 Å². The molecule has 0 heteroatoms. The lowest BCUT2D eigenvalue weighted by molar-refractivity contribution is 0.930. The summed E-state index contributed by atoms with van der Waals surface area (Å²) in [7, 11) is 0. The zero-order valence-electron chi connectivity index (χ0n) is 41.2. The predicted molar refractivity (Wildman–Crippen MR) is 304 cm³/mol. The average molecular weight is 895 g/mol. The zero-order valence-corrected chi connectivity index (χ0v) is 41.2. The second kappa shape index (κ2) is 25.9. The quantitative estimate of drug-likeness (QED) is 0.127. The second-order valence-electron chi connectivity index (χ2n) is 17.6. The molecule has 9 aromatic carbocycles. The van der Waals surface area contributed by atoms with Crippen LogP contribution in [0, 0.1) is 20.8 Å². The van der Waals surface area contributed by atoms with Crippen molar-refractivity contribution < 1.29 is 0 Å². The molecule has 0 saturated heterocycles. The minimum Gasteiger partial charge on any atom is -0.0807 e. The Labute approximate surface area is 413 Å². The van der Waals surface area contributed by atoms with E-state index in [0.29, 0.717) is 0 Å². The van der Waals surface area contributed by atoms with Crippen LogP contribution < -0.4 is 0 Å². The summed E-state index contributed by atoms with van der Waals surface area (Å²) in [4.78, 5) is 0. The summed E-state index contributed by atoms with van der Waals surface area (Å²) >= 11 is 0. The summed E-state index contributed by atoms with van der Waals surface area (Å²) in [5, 5.41) is 5.34. The van der Waals surface area contributed by atoms with Gasteiger partial charge in [0, 0.05) is 0 Å². The van der Waals surface area contributed by atoms with Gasteiger partial charge in [-0.25, -0.2) is 0 Å². The van der Waals surface area contributed by atoms with E-state index in [1.54, 1.807) is 0 Å². The number of fused-ring (bicyclic) bond motifs is 2. The molecule has 0 fully saturated rings. The van der Waals surface area contributed by atoms with E-state index >= 15 is 0 Å². The first kappa shape index (κ1) is 49.1. The largest absolute Gasteiger partial charge is 0.0807 e. The molecule has 69 heavy (non-hydrogen) atoms. The minimum atomic E-state index is 1.00. The van der Waals surface area contributed by atoms with Gasteiger partial charge in [-0.05, 0) is 117 Å². The first-order valence-electron chi connectivity index (χ1n) is 24.6. The summed E-state index contributed by atoms with van der Waals surface area (Å²) in [5.74, 6) is 0. The lowest BCUT2D eigenvalue weighted by Gasteiger charge is -2.08. The van der Waals surface area contributed by atoms with Crippen LogP contribution in [0.2, 0.25) is 0 Å². The van der Waals surface area contributed by atoms with Gasteiger partial charge in [-0.1, -0.05) is 298 Å². The molecule has 0 heterocycles. The molecule has 0 bridgehead atoms. The van der Waals surface area contributed by atoms with Crippen LogP contribution in [0.15, 0.2) is 255 Å². The molecule has 0 atom stereocenters. The van der Waals surface area contributed by atoms with Crippen LogP contribution in [-0.2, 0) is 6.42 Å². The topological polar surface area (TPSA) is 0 Å². The maximum absolute atomic E-state index is 2.30. The molecular formula is C69H66. The van der Waals surface area contributed by atoms with E-state index in [1.807, 2.05) is 18.2 Å². The molecule has 0 aliphatic heterocycles. The fraction of sp³-hybridized carbons (Fsp3) is 0.130. The first-order valence-corrected chi connectivity index (χ1v) is 24.6. The molecule has 1 aliphatic rings. The Bertz CT molecular complexity index is 3120. The third-order valence-electron chi connectivity index (χ3n) is 12.2. The molecule has 342 valence electrons. The highest BCUT2D eigenvalue weighted by atomic mass is 14.1. The van der Waals surface area contributed by atoms with Gasteiger partial charge in [0.05, 0.1) is 0 Å². The van der Waals surface area contributed by atoms with Crippen LogP contribution in [0.5, 0.6) is 0 Å². The van der Waals surface area contributed by atoms with Crippen LogP contribution in [0.3, 0.4) is 0 Å². The molecule has 0 nitrogen and oxygen atoms in total. The van der Waals surface area contributed by atoms with E-state index < -0.39 is 0 Å². The van der Waals surface area contributed by atoms with Gasteiger partial charge >= 0.3 is 0 Å². The first-order chi connectivity index (χ1) is 33.9. The molecule has 0 spiro atoms. The van der Waals surface area contributed by atoms with Crippen LogP contribution in [-0.4, -0.2) is 0 Å². The summed E-state index contributed by atoms with van der Waals surface area (Å²) in [5.41, 5.74) is 16.8. The fourth-order valence-electron chi connectivity index (χ4n) is 8.39. The number of benzene rings is 9. The Morgan fingerprint density at radius 3 is 1.52 bits per heavy atom. The van der Waals surface area contributed by atoms with E-state index in [4.69, 9.17) is 0 Å². The average Bonchev–Trinajstić information content (AvgIpc) is 3.69. The van der Waals surface area contributed by atoms with E-state index in [0.717, 1.165) is 12.8 Å². The standard InChI is InChI=1S/C29H26.C20H18.C13H14.C7H8/c1-3-7-26(29-11-6-9-27-8-4-5-10-28(27)29)21-16-23-14-19-25(20-15-23)24-17-12-22(2)13-18-24;1-16-8-10-18(11-9-16)20-14-12-19(13-15-20)17-6-4-2-3-5-7-17;1-2-6-11-8-5-9-12-7-3-4-10-13(11)12;1-7-5-3-2-4-6-7/h4-21H,3H2,1-2H3;2-4,6-15H,5H2,1H3;3-5,7-10H,2,6H2,1H3;2-6H,1H3/b21-16+,26-7-;;;. The normalized spacial score (nSPS) is 12.0. The van der Waals surface area contributed by atoms with Crippen LogP contribution >= 0.6 is 0 Å². The predicted octanol–water partition coefficient (Wildman–Crippen LogP) is 19.7. The van der Waals surface area contributed by atoms with E-state index in [1.165, 1.54) is 107 Å². The maximum atomic E-state index is 2.30. The van der Waals surface area contributed by atoms with Gasteiger partial charge in [-0.15, -0.1) is 0 Å². The van der Waals surface area contributed by atoms with Crippen molar-refractivity contribution in [3.8, 4) is 22.3 Å². The van der Waals surface area contributed by atoms with Crippen molar-refractivity contribution in [1.82, 2.24) is 0 Å². The summed E-state index contributed by atoms with van der Waals surface area (Å²) in [6, 6.07) is 75.5. The van der Waals surface area contributed by atoms with Crippen LogP contribution in [0.25, 0.3) is 61.0 Å². The Morgan fingerprint density at radius 2 is 0.942 bits per heavy atom. The van der Waals surface area contributed by atoms with Crippen molar-refractivity contribution in [3.63, 3.8) is 0 Å². The maximum Gasteiger partial charge on any atom is -0.0106 e. The highest BCUT2D eigenvalue weighted by Crippen LogP contribution is 2.29. The molecule has 0 aromatic heterocycles. The van der Waals surface area contributed by atoms with Crippen molar-refractivity contribution in [1.29, 1.82) is 0 Å². The van der Waals surface area contributed by atoms with E-state index in [-0.39, 0.29) is 0 Å². The highest BCUT2D eigenvalue weighted by Gasteiger charge is 2.05. The van der Waals surface area contributed by atoms with Crippen molar-refractivity contribution >= 4 is 38.8 Å². The molecule has 0 radical (unpaired) electrons. The third kappa shape index (κ3) is 14.6. The fourth-order valence-corrected chi connectivity index (χ4v) is 8.39. The van der Waals surface area contributed by atoms with Gasteiger partial charge in [0.15, 0.2) is 0 Å². The lowest BCUT2D eigenvalue weighted by atomic mass is 9.96. The van der Waals surface area contributed by atoms with E-state index in [2.05, 4.69) is 277 Å². The zero-order chi connectivity index (χ0) is 48.0. The van der Waals surface area contributed by atoms with Gasteiger partial charge in [0.2, 0.25) is 0 Å². The molecular weight excluding hydrogens is 829 g/mol. The Hall–Kier alpha value is -7.80. The van der Waals surface area contributed by atoms with Gasteiger partial charge < -0.3 is 0 Å². The molecule has 0 N–H and O–H groups in total.